The van der Waals surface area contributed by atoms with Gasteiger partial charge in [-0.1, -0.05) is 6.07 Å². The zero-order valence-electron chi connectivity index (χ0n) is 14.3. The van der Waals surface area contributed by atoms with Gasteiger partial charge in [0.1, 0.15) is 5.82 Å². The smallest absolute Gasteiger partial charge is 0.253 e. The Morgan fingerprint density at radius 2 is 2.08 bits per heavy atom. The molecule has 0 unspecified atom stereocenters. The molecule has 0 aliphatic rings. The maximum atomic E-state index is 12.3. The van der Waals surface area contributed by atoms with Gasteiger partial charge in [0.25, 0.3) is 5.91 Å². The van der Waals surface area contributed by atoms with E-state index in [0.717, 1.165) is 22.4 Å². The Kier molecular flexibility index (Phi) is 4.26. The van der Waals surface area contributed by atoms with Gasteiger partial charge < -0.3 is 15.0 Å². The van der Waals surface area contributed by atoms with Gasteiger partial charge >= 0.3 is 0 Å². The average Bonchev–Trinajstić information content (AvgIpc) is 2.98. The molecule has 0 saturated heterocycles. The molecular formula is C19H18N4O2. The molecule has 0 aliphatic carbocycles. The van der Waals surface area contributed by atoms with E-state index in [0.29, 0.717) is 22.3 Å². The first-order valence-electron chi connectivity index (χ1n) is 7.81. The van der Waals surface area contributed by atoms with Crippen molar-refractivity contribution in [2.45, 2.75) is 13.5 Å². The molecular weight excluding hydrogens is 316 g/mol. The number of amides is 1. The first-order chi connectivity index (χ1) is 11.9. The van der Waals surface area contributed by atoms with Crippen molar-refractivity contribution in [1.29, 1.82) is 5.26 Å². The topological polar surface area (TPSA) is 93.0 Å². The number of carbonyl (C=O) groups is 1. The number of aryl methyl sites for hydroxylation is 1. The lowest BCUT2D eigenvalue weighted by molar-refractivity contribution is 0.0827. The Bertz CT molecular complexity index is 1010. The van der Waals surface area contributed by atoms with Crippen LogP contribution in [-0.2, 0) is 6.61 Å². The van der Waals surface area contributed by atoms with E-state index in [-0.39, 0.29) is 12.5 Å². The molecule has 25 heavy (non-hydrogen) atoms. The van der Waals surface area contributed by atoms with E-state index in [2.05, 4.69) is 16.0 Å². The predicted molar refractivity (Wildman–Crippen MR) is 94.9 cm³/mol. The molecule has 3 rings (SSSR count). The van der Waals surface area contributed by atoms with Crippen molar-refractivity contribution >= 4 is 16.9 Å². The summed E-state index contributed by atoms with van der Waals surface area (Å²) in [6, 6.07) is 11.0. The van der Waals surface area contributed by atoms with Gasteiger partial charge in [-0.15, -0.1) is 0 Å². The van der Waals surface area contributed by atoms with Gasteiger partial charge in [0.05, 0.1) is 29.3 Å². The van der Waals surface area contributed by atoms with Crippen molar-refractivity contribution in [3.8, 4) is 17.2 Å². The number of fused-ring (bicyclic) bond motifs is 1. The standard InChI is InChI=1S/C19H18N4O2/c1-11-21-17-5-4-12(8-18(17)22-11)15-7-13(19(25)23(2)3)6-14(9-20)16(15)10-24/h4-8,24H,10H2,1-3H3,(H,21,22). The summed E-state index contributed by atoms with van der Waals surface area (Å²) in [4.78, 5) is 21.4. The number of carbonyl (C=O) groups excluding carboxylic acids is 1. The molecule has 2 N–H and O–H groups in total. The Labute approximate surface area is 145 Å². The fourth-order valence-corrected chi connectivity index (χ4v) is 2.88. The minimum atomic E-state index is -0.285. The van der Waals surface area contributed by atoms with E-state index in [1.54, 1.807) is 20.2 Å². The highest BCUT2D eigenvalue weighted by molar-refractivity contribution is 5.96. The van der Waals surface area contributed by atoms with Crippen LogP contribution in [-0.4, -0.2) is 40.0 Å². The fraction of sp³-hybridized carbons (Fsp3) is 0.211. The van der Waals surface area contributed by atoms with Crippen LogP contribution in [0.4, 0.5) is 0 Å². The molecule has 126 valence electrons. The van der Waals surface area contributed by atoms with E-state index in [1.807, 2.05) is 25.1 Å². The predicted octanol–water partition coefficient (Wildman–Crippen LogP) is 2.60. The van der Waals surface area contributed by atoms with Crippen LogP contribution >= 0.6 is 0 Å². The number of benzene rings is 2. The number of rotatable bonds is 3. The lowest BCUT2D eigenvalue weighted by Gasteiger charge is -2.15. The van der Waals surface area contributed by atoms with Crippen LogP contribution < -0.4 is 0 Å². The number of nitrogens with zero attached hydrogens (tertiary/aromatic N) is 3. The summed E-state index contributed by atoms with van der Waals surface area (Å²) in [5.41, 5.74) is 4.37. The van der Waals surface area contributed by atoms with E-state index < -0.39 is 0 Å². The van der Waals surface area contributed by atoms with Crippen molar-refractivity contribution in [2.75, 3.05) is 14.1 Å². The Hall–Kier alpha value is -3.17. The molecule has 6 nitrogen and oxygen atoms in total. The normalized spacial score (nSPS) is 10.7. The summed E-state index contributed by atoms with van der Waals surface area (Å²) in [5.74, 6) is 0.614. The van der Waals surface area contributed by atoms with Gasteiger partial charge in [0, 0.05) is 25.2 Å². The van der Waals surface area contributed by atoms with Gasteiger partial charge in [-0.3, -0.25) is 4.79 Å². The van der Waals surface area contributed by atoms with E-state index in [9.17, 15) is 15.2 Å². The quantitative estimate of drug-likeness (QED) is 0.770. The van der Waals surface area contributed by atoms with Gasteiger partial charge in [-0.2, -0.15) is 5.26 Å². The Balaban J connectivity index is 2.26. The van der Waals surface area contributed by atoms with Crippen LogP contribution in [0.1, 0.15) is 27.3 Å². The number of aromatic nitrogens is 2. The van der Waals surface area contributed by atoms with Crippen LogP contribution in [0, 0.1) is 18.3 Å². The molecule has 1 heterocycles. The monoisotopic (exact) mass is 334 g/mol. The van der Waals surface area contributed by atoms with Crippen molar-refractivity contribution in [3.05, 3.63) is 52.8 Å². The highest BCUT2D eigenvalue weighted by Crippen LogP contribution is 2.30. The van der Waals surface area contributed by atoms with Crippen LogP contribution in [0.5, 0.6) is 0 Å². The zero-order valence-corrected chi connectivity index (χ0v) is 14.3. The number of aliphatic hydroxyl groups is 1. The van der Waals surface area contributed by atoms with Crippen molar-refractivity contribution in [3.63, 3.8) is 0 Å². The third kappa shape index (κ3) is 2.97. The van der Waals surface area contributed by atoms with E-state index in [1.165, 1.54) is 11.0 Å². The van der Waals surface area contributed by atoms with E-state index >= 15 is 0 Å². The Morgan fingerprint density at radius 1 is 1.32 bits per heavy atom. The highest BCUT2D eigenvalue weighted by atomic mass is 16.3. The molecule has 0 saturated carbocycles. The fourth-order valence-electron chi connectivity index (χ4n) is 2.88. The zero-order chi connectivity index (χ0) is 18.1. The minimum Gasteiger partial charge on any atom is -0.392 e. The lowest BCUT2D eigenvalue weighted by Crippen LogP contribution is -2.22. The molecule has 1 amide bonds. The number of hydrogen-bond acceptors (Lipinski definition) is 4. The first kappa shape index (κ1) is 16.7. The Morgan fingerprint density at radius 3 is 2.72 bits per heavy atom. The largest absolute Gasteiger partial charge is 0.392 e. The maximum Gasteiger partial charge on any atom is 0.253 e. The van der Waals surface area contributed by atoms with Gasteiger partial charge in [-0.05, 0) is 42.3 Å². The van der Waals surface area contributed by atoms with Crippen LogP contribution in [0.15, 0.2) is 30.3 Å². The maximum absolute atomic E-state index is 12.3. The van der Waals surface area contributed by atoms with Crippen molar-refractivity contribution in [1.82, 2.24) is 14.9 Å². The highest BCUT2D eigenvalue weighted by Gasteiger charge is 2.17. The molecule has 0 fully saturated rings. The van der Waals surface area contributed by atoms with Crippen molar-refractivity contribution in [2.24, 2.45) is 0 Å². The van der Waals surface area contributed by atoms with E-state index in [4.69, 9.17) is 0 Å². The molecule has 6 heteroatoms. The molecule has 3 aromatic rings. The SMILES string of the molecule is Cc1nc2cc(-c3cc(C(=O)N(C)C)cc(C#N)c3CO)ccc2[nH]1. The van der Waals surface area contributed by atoms with Crippen LogP contribution in [0.25, 0.3) is 22.2 Å². The molecule has 0 bridgehead atoms. The summed E-state index contributed by atoms with van der Waals surface area (Å²) in [5, 5.41) is 19.2. The number of nitrogens with one attached hydrogen (secondary N) is 1. The molecule has 2 aromatic carbocycles. The number of imidazole rings is 1. The average molecular weight is 334 g/mol. The lowest BCUT2D eigenvalue weighted by atomic mass is 9.93. The second kappa shape index (κ2) is 6.38. The first-order valence-corrected chi connectivity index (χ1v) is 7.81. The summed E-state index contributed by atoms with van der Waals surface area (Å²) in [7, 11) is 3.32. The summed E-state index contributed by atoms with van der Waals surface area (Å²) in [6.07, 6.45) is 0. The third-order valence-electron chi connectivity index (χ3n) is 4.09. The van der Waals surface area contributed by atoms with Crippen molar-refractivity contribution < 1.29 is 9.90 Å². The molecule has 0 atom stereocenters. The number of H-pyrrole nitrogens is 1. The molecule has 0 radical (unpaired) electrons. The summed E-state index contributed by atoms with van der Waals surface area (Å²) >= 11 is 0. The number of hydrogen-bond donors (Lipinski definition) is 2. The number of nitriles is 1. The molecule has 0 aliphatic heterocycles. The molecule has 1 aromatic heterocycles. The minimum absolute atomic E-state index is 0.195. The van der Waals surface area contributed by atoms with Gasteiger partial charge in [0.2, 0.25) is 0 Å². The van der Waals surface area contributed by atoms with Gasteiger partial charge in [-0.25, -0.2) is 4.98 Å². The third-order valence-corrected chi connectivity index (χ3v) is 4.09. The number of aromatic amines is 1. The molecule has 0 spiro atoms. The second-order valence-corrected chi connectivity index (χ2v) is 6.07. The van der Waals surface area contributed by atoms with Gasteiger partial charge in [0.15, 0.2) is 0 Å². The summed E-state index contributed by atoms with van der Waals surface area (Å²) < 4.78 is 0. The second-order valence-electron chi connectivity index (χ2n) is 6.07. The summed E-state index contributed by atoms with van der Waals surface area (Å²) in [6.45, 7) is 1.59. The van der Waals surface area contributed by atoms with Crippen LogP contribution in [0.2, 0.25) is 0 Å². The van der Waals surface area contributed by atoms with Crippen LogP contribution in [0.3, 0.4) is 0 Å². The number of aliphatic hydroxyl groups excluding tert-OH is 1.